The summed E-state index contributed by atoms with van der Waals surface area (Å²) in [5, 5.41) is 10.3. The second kappa shape index (κ2) is 7.51. The molecule has 0 unspecified atom stereocenters. The van der Waals surface area contributed by atoms with Crippen LogP contribution in [0.15, 0.2) is 120 Å². The molecule has 0 aliphatic rings. The first kappa shape index (κ1) is 21.2. The van der Waals surface area contributed by atoms with Crippen LogP contribution in [-0.4, -0.2) is 4.57 Å². The van der Waals surface area contributed by atoms with Gasteiger partial charge in [0.25, 0.3) is 0 Å². The number of benzene rings is 6. The van der Waals surface area contributed by atoms with Gasteiger partial charge in [-0.15, -0.1) is 22.7 Å². The molecule has 0 spiro atoms. The van der Waals surface area contributed by atoms with E-state index in [4.69, 9.17) is 4.42 Å². The molecular formula is C36H19NOS2. The Bertz CT molecular complexity index is 2660. The Kier molecular flexibility index (Phi) is 3.98. The number of aromatic nitrogens is 1. The number of rotatable bonds is 1. The second-order valence-electron chi connectivity index (χ2n) is 10.5. The largest absolute Gasteiger partial charge is 0.456 e. The smallest absolute Gasteiger partial charge is 0.136 e. The van der Waals surface area contributed by atoms with Gasteiger partial charge in [0.1, 0.15) is 11.2 Å². The van der Waals surface area contributed by atoms with Crippen molar-refractivity contribution in [2.24, 2.45) is 0 Å². The molecule has 0 saturated heterocycles. The van der Waals surface area contributed by atoms with Gasteiger partial charge in [-0.3, -0.25) is 0 Å². The lowest BCUT2D eigenvalue weighted by Gasteiger charge is -2.08. The van der Waals surface area contributed by atoms with Gasteiger partial charge in [-0.2, -0.15) is 0 Å². The summed E-state index contributed by atoms with van der Waals surface area (Å²) >= 11 is 3.76. The standard InChI is InChI=1S/C36H19NOS2/c1-4-10-27-24(8-1)33-28(37(27)20-13-18-32-26(19-20)21-7-3-6-12-31(21)39-32)16-14-22-23-15-17-30-34(36(23)40-35(22)33)25-9-2-5-11-29(25)38-30/h1-19H. The predicted molar refractivity (Wildman–Crippen MR) is 174 cm³/mol. The molecular weight excluding hydrogens is 527 g/mol. The first-order valence-corrected chi connectivity index (χ1v) is 15.1. The highest BCUT2D eigenvalue weighted by atomic mass is 32.1. The van der Waals surface area contributed by atoms with Crippen molar-refractivity contribution in [3.8, 4) is 5.69 Å². The van der Waals surface area contributed by atoms with E-state index in [0.29, 0.717) is 0 Å². The quantitative estimate of drug-likeness (QED) is 0.201. The molecule has 0 bridgehead atoms. The zero-order valence-electron chi connectivity index (χ0n) is 21.1. The lowest BCUT2D eigenvalue weighted by molar-refractivity contribution is 0.669. The van der Waals surface area contributed by atoms with Crippen molar-refractivity contribution >= 4 is 107 Å². The summed E-state index contributed by atoms with van der Waals surface area (Å²) < 4.78 is 14.0. The van der Waals surface area contributed by atoms with E-state index in [1.54, 1.807) is 0 Å². The number of nitrogens with zero attached hydrogens (tertiary/aromatic N) is 1. The third-order valence-corrected chi connectivity index (χ3v) is 10.8. The maximum absolute atomic E-state index is 6.24. The van der Waals surface area contributed by atoms with E-state index in [9.17, 15) is 0 Å². The molecule has 4 heteroatoms. The first-order valence-electron chi connectivity index (χ1n) is 13.4. The Morgan fingerprint density at radius 1 is 0.450 bits per heavy atom. The molecule has 0 aliphatic heterocycles. The van der Waals surface area contributed by atoms with Crippen LogP contribution in [-0.2, 0) is 0 Å². The summed E-state index contributed by atoms with van der Waals surface area (Å²) in [7, 11) is 0. The third-order valence-electron chi connectivity index (χ3n) is 8.40. The van der Waals surface area contributed by atoms with Gasteiger partial charge in [-0.25, -0.2) is 0 Å². The van der Waals surface area contributed by atoms with Crippen molar-refractivity contribution in [1.82, 2.24) is 4.57 Å². The van der Waals surface area contributed by atoms with Gasteiger partial charge < -0.3 is 8.98 Å². The Balaban J connectivity index is 1.35. The van der Waals surface area contributed by atoms with Crippen LogP contribution in [0.4, 0.5) is 0 Å². The highest BCUT2D eigenvalue weighted by molar-refractivity contribution is 7.27. The van der Waals surface area contributed by atoms with Crippen molar-refractivity contribution < 1.29 is 4.42 Å². The normalized spacial score (nSPS) is 12.5. The van der Waals surface area contributed by atoms with Crippen molar-refractivity contribution in [2.45, 2.75) is 0 Å². The second-order valence-corrected chi connectivity index (χ2v) is 12.6. The van der Waals surface area contributed by atoms with Gasteiger partial charge in [0.05, 0.1) is 11.0 Å². The Hall–Kier alpha value is -4.64. The molecule has 10 rings (SSSR count). The molecule has 0 N–H and O–H groups in total. The predicted octanol–water partition coefficient (Wildman–Crippen LogP) is 11.4. The summed E-state index contributed by atoms with van der Waals surface area (Å²) in [6.45, 7) is 0. The van der Waals surface area contributed by atoms with Crippen molar-refractivity contribution in [3.63, 3.8) is 0 Å². The minimum absolute atomic E-state index is 0.945. The zero-order chi connectivity index (χ0) is 25.9. The van der Waals surface area contributed by atoms with E-state index in [1.165, 1.54) is 78.6 Å². The van der Waals surface area contributed by atoms with E-state index in [0.717, 1.165) is 11.2 Å². The summed E-state index contributed by atoms with van der Waals surface area (Å²) in [6.07, 6.45) is 0. The van der Waals surface area contributed by atoms with Crippen molar-refractivity contribution in [2.75, 3.05) is 0 Å². The number of hydrogen-bond donors (Lipinski definition) is 0. The van der Waals surface area contributed by atoms with E-state index >= 15 is 0 Å². The molecule has 0 radical (unpaired) electrons. The topological polar surface area (TPSA) is 18.1 Å². The molecule has 0 saturated carbocycles. The SMILES string of the molecule is c1ccc2c(c1)oc1ccc3c4ccc5c(c6ccccc6n5-c5ccc6sc7ccccc7c6c5)c4sc3c12. The Morgan fingerprint density at radius 2 is 1.18 bits per heavy atom. The van der Waals surface area contributed by atoms with Gasteiger partial charge in [-0.05, 0) is 54.6 Å². The molecule has 4 aromatic heterocycles. The maximum atomic E-state index is 6.24. The lowest BCUT2D eigenvalue weighted by Crippen LogP contribution is -1.93. The summed E-state index contributed by atoms with van der Waals surface area (Å²) in [5.74, 6) is 0. The van der Waals surface area contributed by atoms with Crippen LogP contribution in [0.1, 0.15) is 0 Å². The fourth-order valence-electron chi connectivity index (χ4n) is 6.68. The monoisotopic (exact) mass is 545 g/mol. The minimum atomic E-state index is 0.945. The van der Waals surface area contributed by atoms with E-state index in [-0.39, 0.29) is 0 Å². The summed E-state index contributed by atoms with van der Waals surface area (Å²) in [6, 6.07) is 41.9. The summed E-state index contributed by atoms with van der Waals surface area (Å²) in [5.41, 5.74) is 5.58. The minimum Gasteiger partial charge on any atom is -0.456 e. The van der Waals surface area contributed by atoms with Crippen LogP contribution in [0.5, 0.6) is 0 Å². The third kappa shape index (κ3) is 2.63. The van der Waals surface area contributed by atoms with Crippen LogP contribution in [0, 0.1) is 0 Å². The molecule has 0 amide bonds. The Morgan fingerprint density at radius 3 is 2.10 bits per heavy atom. The summed E-state index contributed by atoms with van der Waals surface area (Å²) in [4.78, 5) is 0. The van der Waals surface area contributed by atoms with Crippen molar-refractivity contribution in [1.29, 1.82) is 0 Å². The number of para-hydroxylation sites is 2. The molecule has 6 aromatic carbocycles. The number of thiophene rings is 2. The number of hydrogen-bond acceptors (Lipinski definition) is 3. The first-order chi connectivity index (χ1) is 19.8. The molecule has 0 fully saturated rings. The highest BCUT2D eigenvalue weighted by Crippen LogP contribution is 2.47. The van der Waals surface area contributed by atoms with E-state index in [2.05, 4.69) is 114 Å². The highest BCUT2D eigenvalue weighted by Gasteiger charge is 2.20. The van der Waals surface area contributed by atoms with Crippen molar-refractivity contribution in [3.05, 3.63) is 115 Å². The maximum Gasteiger partial charge on any atom is 0.136 e. The zero-order valence-corrected chi connectivity index (χ0v) is 22.8. The van der Waals surface area contributed by atoms with Gasteiger partial charge in [0.2, 0.25) is 0 Å². The van der Waals surface area contributed by atoms with Crippen LogP contribution in [0.2, 0.25) is 0 Å². The van der Waals surface area contributed by atoms with E-state index in [1.807, 2.05) is 28.7 Å². The number of furan rings is 1. The van der Waals surface area contributed by atoms with Crippen LogP contribution >= 0.6 is 22.7 Å². The van der Waals surface area contributed by atoms with Gasteiger partial charge in [0.15, 0.2) is 0 Å². The van der Waals surface area contributed by atoms with Crippen LogP contribution in [0.3, 0.4) is 0 Å². The lowest BCUT2D eigenvalue weighted by atomic mass is 10.1. The van der Waals surface area contributed by atoms with Gasteiger partial charge in [0, 0.05) is 67.6 Å². The molecule has 4 heterocycles. The van der Waals surface area contributed by atoms with Crippen LogP contribution < -0.4 is 0 Å². The van der Waals surface area contributed by atoms with E-state index < -0.39 is 0 Å². The molecule has 10 aromatic rings. The fraction of sp³-hybridized carbons (Fsp3) is 0. The molecule has 0 atom stereocenters. The molecule has 2 nitrogen and oxygen atoms in total. The van der Waals surface area contributed by atoms with Gasteiger partial charge in [-0.1, -0.05) is 60.7 Å². The Labute approximate surface area is 235 Å². The van der Waals surface area contributed by atoms with Crippen LogP contribution in [0.25, 0.3) is 89.8 Å². The molecule has 0 aliphatic carbocycles. The molecule has 186 valence electrons. The fourth-order valence-corrected chi connectivity index (χ4v) is 9.18. The molecule has 40 heavy (non-hydrogen) atoms. The average Bonchev–Trinajstić information content (AvgIpc) is 3.74. The van der Waals surface area contributed by atoms with Gasteiger partial charge >= 0.3 is 0 Å². The average molecular weight is 546 g/mol. The number of fused-ring (bicyclic) bond motifs is 14.